The third kappa shape index (κ3) is 4.10. The fourth-order valence-electron chi connectivity index (χ4n) is 3.06. The van der Waals surface area contributed by atoms with Crippen molar-refractivity contribution >= 4 is 35.1 Å². The SMILES string of the molecule is CCCC1(CCC)NC(=O)N(CC(=O)Nc2ccc(Cl)cc2F)C1=O. The van der Waals surface area contributed by atoms with E-state index in [1.807, 2.05) is 13.8 Å². The molecule has 0 bridgehead atoms. The first-order chi connectivity index (χ1) is 11.8. The maximum atomic E-state index is 13.7. The van der Waals surface area contributed by atoms with Crippen molar-refractivity contribution in [2.45, 2.75) is 45.1 Å². The highest BCUT2D eigenvalue weighted by Gasteiger charge is 2.50. The minimum Gasteiger partial charge on any atom is -0.323 e. The molecule has 0 unspecified atom stereocenters. The lowest BCUT2D eigenvalue weighted by atomic mass is 9.88. The number of carbonyl (C=O) groups is 3. The average molecular weight is 370 g/mol. The van der Waals surface area contributed by atoms with Crippen molar-refractivity contribution in [3.8, 4) is 0 Å². The number of nitrogens with one attached hydrogen (secondary N) is 2. The van der Waals surface area contributed by atoms with E-state index in [0.717, 1.165) is 23.8 Å². The van der Waals surface area contributed by atoms with E-state index in [4.69, 9.17) is 11.6 Å². The molecule has 0 radical (unpaired) electrons. The molecule has 2 rings (SSSR count). The van der Waals surface area contributed by atoms with E-state index in [-0.39, 0.29) is 10.7 Å². The fourth-order valence-corrected chi connectivity index (χ4v) is 3.22. The van der Waals surface area contributed by atoms with E-state index >= 15 is 0 Å². The van der Waals surface area contributed by atoms with Crippen molar-refractivity contribution in [1.82, 2.24) is 10.2 Å². The van der Waals surface area contributed by atoms with Gasteiger partial charge in [-0.1, -0.05) is 38.3 Å². The van der Waals surface area contributed by atoms with Crippen LogP contribution in [0.15, 0.2) is 18.2 Å². The molecule has 4 amide bonds. The standard InChI is InChI=1S/C17H21ClFN3O3/c1-3-7-17(8-4-2)15(24)22(16(25)21-17)10-14(23)20-13-6-5-11(18)9-12(13)19/h5-6,9H,3-4,7-8,10H2,1-2H3,(H,20,23)(H,21,25). The van der Waals surface area contributed by atoms with Gasteiger partial charge in [-0.3, -0.25) is 14.5 Å². The zero-order valence-corrected chi connectivity index (χ0v) is 15.0. The van der Waals surface area contributed by atoms with E-state index in [2.05, 4.69) is 10.6 Å². The van der Waals surface area contributed by atoms with Gasteiger partial charge in [-0.25, -0.2) is 9.18 Å². The Bertz CT molecular complexity index is 690. The molecule has 2 N–H and O–H groups in total. The molecule has 8 heteroatoms. The summed E-state index contributed by atoms with van der Waals surface area (Å²) in [6.45, 7) is 3.38. The van der Waals surface area contributed by atoms with Crippen LogP contribution in [-0.2, 0) is 9.59 Å². The summed E-state index contributed by atoms with van der Waals surface area (Å²) in [5.41, 5.74) is -1.01. The molecule has 1 aliphatic heterocycles. The first kappa shape index (κ1) is 19.2. The Balaban J connectivity index is 2.09. The third-order valence-electron chi connectivity index (χ3n) is 4.11. The lowest BCUT2D eigenvalue weighted by molar-refractivity contribution is -0.134. The summed E-state index contributed by atoms with van der Waals surface area (Å²) in [7, 11) is 0. The van der Waals surface area contributed by atoms with Crippen molar-refractivity contribution in [3.63, 3.8) is 0 Å². The van der Waals surface area contributed by atoms with Crippen LogP contribution in [-0.4, -0.2) is 34.8 Å². The number of carbonyl (C=O) groups excluding carboxylic acids is 3. The molecule has 0 atom stereocenters. The maximum Gasteiger partial charge on any atom is 0.325 e. The molecule has 1 aliphatic rings. The zero-order chi connectivity index (χ0) is 18.6. The van der Waals surface area contributed by atoms with Crippen LogP contribution in [0, 0.1) is 5.82 Å². The molecule has 0 aliphatic carbocycles. The van der Waals surface area contributed by atoms with Gasteiger partial charge in [0.1, 0.15) is 17.9 Å². The van der Waals surface area contributed by atoms with Gasteiger partial charge in [0.2, 0.25) is 5.91 Å². The minimum absolute atomic E-state index is 0.0603. The van der Waals surface area contributed by atoms with Crippen LogP contribution in [0.2, 0.25) is 5.02 Å². The highest BCUT2D eigenvalue weighted by molar-refractivity contribution is 6.30. The van der Waals surface area contributed by atoms with E-state index < -0.39 is 35.7 Å². The molecule has 6 nitrogen and oxygen atoms in total. The summed E-state index contributed by atoms with van der Waals surface area (Å²) in [5.74, 6) is -1.76. The van der Waals surface area contributed by atoms with Gasteiger partial charge >= 0.3 is 6.03 Å². The van der Waals surface area contributed by atoms with Crippen LogP contribution >= 0.6 is 11.6 Å². The van der Waals surface area contributed by atoms with E-state index in [1.165, 1.54) is 12.1 Å². The molecule has 0 saturated carbocycles. The number of rotatable bonds is 7. The molecule has 1 heterocycles. The van der Waals surface area contributed by atoms with E-state index in [1.54, 1.807) is 0 Å². The Morgan fingerprint density at radius 3 is 2.48 bits per heavy atom. The summed E-state index contributed by atoms with van der Waals surface area (Å²) >= 11 is 5.66. The van der Waals surface area contributed by atoms with Crippen LogP contribution in [0.3, 0.4) is 0 Å². The van der Waals surface area contributed by atoms with Gasteiger partial charge in [0.15, 0.2) is 0 Å². The molecule has 0 spiro atoms. The summed E-state index contributed by atoms with van der Waals surface area (Å²) in [4.78, 5) is 37.9. The Hall–Kier alpha value is -2.15. The molecular formula is C17H21ClFN3O3. The van der Waals surface area contributed by atoms with Crippen molar-refractivity contribution in [2.75, 3.05) is 11.9 Å². The molecule has 0 aromatic heterocycles. The van der Waals surface area contributed by atoms with Crippen LogP contribution < -0.4 is 10.6 Å². The maximum absolute atomic E-state index is 13.7. The van der Waals surface area contributed by atoms with Crippen molar-refractivity contribution < 1.29 is 18.8 Å². The van der Waals surface area contributed by atoms with Gasteiger partial charge in [0, 0.05) is 5.02 Å². The Labute approximate surface area is 150 Å². The normalized spacial score (nSPS) is 16.1. The lowest BCUT2D eigenvalue weighted by Gasteiger charge is -2.25. The number of urea groups is 1. The Morgan fingerprint density at radius 2 is 1.92 bits per heavy atom. The Morgan fingerprint density at radius 1 is 1.28 bits per heavy atom. The molecule has 1 fully saturated rings. The second-order valence-corrected chi connectivity index (χ2v) is 6.51. The summed E-state index contributed by atoms with van der Waals surface area (Å²) < 4.78 is 13.7. The molecular weight excluding hydrogens is 349 g/mol. The smallest absolute Gasteiger partial charge is 0.323 e. The van der Waals surface area contributed by atoms with Crippen molar-refractivity contribution in [2.24, 2.45) is 0 Å². The number of amides is 4. The predicted molar refractivity (Wildman–Crippen MR) is 92.8 cm³/mol. The molecule has 25 heavy (non-hydrogen) atoms. The van der Waals surface area contributed by atoms with Gasteiger partial charge in [-0.15, -0.1) is 0 Å². The fraction of sp³-hybridized carbons (Fsp3) is 0.471. The number of anilines is 1. The minimum atomic E-state index is -0.952. The predicted octanol–water partition coefficient (Wildman–Crippen LogP) is 3.31. The highest BCUT2D eigenvalue weighted by atomic mass is 35.5. The number of hydrogen-bond donors (Lipinski definition) is 2. The molecule has 136 valence electrons. The topological polar surface area (TPSA) is 78.5 Å². The number of imide groups is 1. The number of halogens is 2. The Kier molecular flexibility index (Phi) is 6.00. The highest BCUT2D eigenvalue weighted by Crippen LogP contribution is 2.28. The summed E-state index contributed by atoms with van der Waals surface area (Å²) in [6, 6.07) is 3.22. The molecule has 1 saturated heterocycles. The first-order valence-electron chi connectivity index (χ1n) is 8.22. The number of benzene rings is 1. The largest absolute Gasteiger partial charge is 0.325 e. The van der Waals surface area contributed by atoms with E-state index in [0.29, 0.717) is 12.8 Å². The van der Waals surface area contributed by atoms with Gasteiger partial charge in [0.25, 0.3) is 5.91 Å². The number of nitrogens with zero attached hydrogens (tertiary/aromatic N) is 1. The monoisotopic (exact) mass is 369 g/mol. The summed E-state index contributed by atoms with van der Waals surface area (Å²) in [5, 5.41) is 5.28. The lowest BCUT2D eigenvalue weighted by Crippen LogP contribution is -2.47. The van der Waals surface area contributed by atoms with Crippen molar-refractivity contribution in [1.29, 1.82) is 0 Å². The zero-order valence-electron chi connectivity index (χ0n) is 14.2. The van der Waals surface area contributed by atoms with Crippen LogP contribution in [0.25, 0.3) is 0 Å². The molecule has 1 aromatic rings. The van der Waals surface area contributed by atoms with Gasteiger partial charge in [-0.05, 0) is 31.0 Å². The average Bonchev–Trinajstić information content (AvgIpc) is 2.75. The first-order valence-corrected chi connectivity index (χ1v) is 8.59. The van der Waals surface area contributed by atoms with Crippen molar-refractivity contribution in [3.05, 3.63) is 29.0 Å². The quantitative estimate of drug-likeness (QED) is 0.724. The van der Waals surface area contributed by atoms with Gasteiger partial charge in [0.05, 0.1) is 5.69 Å². The van der Waals surface area contributed by atoms with E-state index in [9.17, 15) is 18.8 Å². The second-order valence-electron chi connectivity index (χ2n) is 6.08. The van der Waals surface area contributed by atoms with Gasteiger partial charge in [-0.2, -0.15) is 0 Å². The second kappa shape index (κ2) is 7.82. The number of hydrogen-bond acceptors (Lipinski definition) is 3. The third-order valence-corrected chi connectivity index (χ3v) is 4.34. The van der Waals surface area contributed by atoms with Crippen LogP contribution in [0.1, 0.15) is 39.5 Å². The van der Waals surface area contributed by atoms with Gasteiger partial charge < -0.3 is 10.6 Å². The summed E-state index contributed by atoms with van der Waals surface area (Å²) in [6.07, 6.45) is 2.47. The van der Waals surface area contributed by atoms with Crippen LogP contribution in [0.5, 0.6) is 0 Å². The van der Waals surface area contributed by atoms with Crippen LogP contribution in [0.4, 0.5) is 14.9 Å². The molecule has 1 aromatic carbocycles.